The fourth-order valence-corrected chi connectivity index (χ4v) is 1.53. The summed E-state index contributed by atoms with van der Waals surface area (Å²) < 4.78 is 5.19. The number of rotatable bonds is 2. The standard InChI is InChI=1S/C12H9N3O2/c1-17-10-5-3-2-4-9(10)12-8(7-13)6-11(16)14-15-12/h2-6H,1H3,(H,14,16). The Bertz CT molecular complexity index is 641. The van der Waals surface area contributed by atoms with Gasteiger partial charge in [-0.05, 0) is 12.1 Å². The van der Waals surface area contributed by atoms with Gasteiger partial charge < -0.3 is 4.74 Å². The molecule has 0 spiro atoms. The lowest BCUT2D eigenvalue weighted by atomic mass is 10.1. The quantitative estimate of drug-likeness (QED) is 0.839. The lowest BCUT2D eigenvalue weighted by Crippen LogP contribution is -2.09. The van der Waals surface area contributed by atoms with Gasteiger partial charge in [0, 0.05) is 11.6 Å². The van der Waals surface area contributed by atoms with E-state index in [2.05, 4.69) is 10.2 Å². The van der Waals surface area contributed by atoms with E-state index in [-0.39, 0.29) is 5.56 Å². The molecule has 2 aromatic rings. The van der Waals surface area contributed by atoms with Gasteiger partial charge in [0.15, 0.2) is 0 Å². The highest BCUT2D eigenvalue weighted by molar-refractivity contribution is 5.71. The summed E-state index contributed by atoms with van der Waals surface area (Å²) in [6.45, 7) is 0. The molecule has 0 atom stereocenters. The second-order valence-corrected chi connectivity index (χ2v) is 3.31. The summed E-state index contributed by atoms with van der Waals surface area (Å²) in [6, 6.07) is 10.3. The van der Waals surface area contributed by atoms with Crippen molar-refractivity contribution in [1.29, 1.82) is 5.26 Å². The number of hydrogen-bond donors (Lipinski definition) is 1. The van der Waals surface area contributed by atoms with Crippen LogP contribution in [0.2, 0.25) is 0 Å². The van der Waals surface area contributed by atoms with E-state index in [1.165, 1.54) is 13.2 Å². The number of benzene rings is 1. The zero-order valence-electron chi connectivity index (χ0n) is 9.10. The Morgan fingerprint density at radius 1 is 1.41 bits per heavy atom. The van der Waals surface area contributed by atoms with Gasteiger partial charge >= 0.3 is 0 Å². The first-order valence-corrected chi connectivity index (χ1v) is 4.89. The summed E-state index contributed by atoms with van der Waals surface area (Å²) in [4.78, 5) is 11.1. The molecule has 0 radical (unpaired) electrons. The number of ether oxygens (including phenoxy) is 1. The first kappa shape index (κ1) is 10.9. The van der Waals surface area contributed by atoms with Crippen LogP contribution in [-0.4, -0.2) is 17.3 Å². The van der Waals surface area contributed by atoms with Gasteiger partial charge in [-0.1, -0.05) is 12.1 Å². The number of nitriles is 1. The second kappa shape index (κ2) is 4.49. The second-order valence-electron chi connectivity index (χ2n) is 3.31. The van der Waals surface area contributed by atoms with E-state index >= 15 is 0 Å². The number of nitrogens with one attached hydrogen (secondary N) is 1. The lowest BCUT2D eigenvalue weighted by Gasteiger charge is -2.07. The SMILES string of the molecule is COc1ccccc1-c1n[nH]c(=O)cc1C#N. The highest BCUT2D eigenvalue weighted by Crippen LogP contribution is 2.29. The van der Waals surface area contributed by atoms with Crippen LogP contribution in [0, 0.1) is 11.3 Å². The molecule has 0 aliphatic rings. The van der Waals surface area contributed by atoms with Crippen LogP contribution in [0.3, 0.4) is 0 Å². The van der Waals surface area contributed by atoms with Gasteiger partial charge in [-0.2, -0.15) is 10.4 Å². The average Bonchev–Trinajstić information content (AvgIpc) is 2.38. The smallest absolute Gasteiger partial charge is 0.265 e. The number of aromatic amines is 1. The van der Waals surface area contributed by atoms with Gasteiger partial charge in [-0.15, -0.1) is 0 Å². The van der Waals surface area contributed by atoms with Crippen molar-refractivity contribution in [3.05, 3.63) is 46.2 Å². The fourth-order valence-electron chi connectivity index (χ4n) is 1.53. The van der Waals surface area contributed by atoms with E-state index in [0.717, 1.165) is 0 Å². The normalized spacial score (nSPS) is 9.65. The number of aromatic nitrogens is 2. The van der Waals surface area contributed by atoms with Crippen LogP contribution in [0.4, 0.5) is 0 Å². The minimum atomic E-state index is -0.403. The van der Waals surface area contributed by atoms with Crippen LogP contribution < -0.4 is 10.3 Å². The van der Waals surface area contributed by atoms with E-state index < -0.39 is 5.56 Å². The number of para-hydroxylation sites is 1. The van der Waals surface area contributed by atoms with Gasteiger partial charge in [-0.3, -0.25) is 4.79 Å². The number of hydrogen-bond acceptors (Lipinski definition) is 4. The molecule has 1 heterocycles. The molecule has 1 aromatic carbocycles. The van der Waals surface area contributed by atoms with Crippen molar-refractivity contribution in [2.24, 2.45) is 0 Å². The van der Waals surface area contributed by atoms with Crippen LogP contribution in [0.25, 0.3) is 11.3 Å². The highest BCUT2D eigenvalue weighted by atomic mass is 16.5. The number of methoxy groups -OCH3 is 1. The fraction of sp³-hybridized carbons (Fsp3) is 0.0833. The molecule has 5 nitrogen and oxygen atoms in total. The van der Waals surface area contributed by atoms with E-state index in [4.69, 9.17) is 10.00 Å². The van der Waals surface area contributed by atoms with E-state index in [0.29, 0.717) is 17.0 Å². The number of H-pyrrole nitrogens is 1. The van der Waals surface area contributed by atoms with Crippen molar-refractivity contribution in [1.82, 2.24) is 10.2 Å². The molecule has 0 aliphatic carbocycles. The molecule has 0 saturated carbocycles. The molecule has 84 valence electrons. The van der Waals surface area contributed by atoms with Crippen molar-refractivity contribution in [2.75, 3.05) is 7.11 Å². The zero-order chi connectivity index (χ0) is 12.3. The molecule has 1 N–H and O–H groups in total. The maximum atomic E-state index is 11.1. The molecule has 2 rings (SSSR count). The lowest BCUT2D eigenvalue weighted by molar-refractivity contribution is 0.416. The van der Waals surface area contributed by atoms with Crippen LogP contribution in [0.15, 0.2) is 35.1 Å². The molecule has 0 amide bonds. The maximum absolute atomic E-state index is 11.1. The third-order valence-corrected chi connectivity index (χ3v) is 2.29. The number of nitrogens with zero attached hydrogens (tertiary/aromatic N) is 2. The van der Waals surface area contributed by atoms with Gasteiger partial charge in [0.1, 0.15) is 17.5 Å². The molecule has 0 fully saturated rings. The molecule has 17 heavy (non-hydrogen) atoms. The van der Waals surface area contributed by atoms with Crippen LogP contribution in [-0.2, 0) is 0 Å². The summed E-state index contributed by atoms with van der Waals surface area (Å²) >= 11 is 0. The van der Waals surface area contributed by atoms with Crippen molar-refractivity contribution < 1.29 is 4.74 Å². The summed E-state index contributed by atoms with van der Waals surface area (Å²) in [5.74, 6) is 0.601. The maximum Gasteiger partial charge on any atom is 0.265 e. The van der Waals surface area contributed by atoms with Crippen molar-refractivity contribution >= 4 is 0 Å². The van der Waals surface area contributed by atoms with Crippen LogP contribution >= 0.6 is 0 Å². The minimum Gasteiger partial charge on any atom is -0.496 e. The third-order valence-electron chi connectivity index (χ3n) is 2.29. The largest absolute Gasteiger partial charge is 0.496 e. The van der Waals surface area contributed by atoms with Gasteiger partial charge in [0.05, 0.1) is 12.7 Å². The van der Waals surface area contributed by atoms with E-state index in [9.17, 15) is 4.79 Å². The third kappa shape index (κ3) is 2.01. The zero-order valence-corrected chi connectivity index (χ0v) is 9.10. The van der Waals surface area contributed by atoms with Crippen molar-refractivity contribution in [2.45, 2.75) is 0 Å². The van der Waals surface area contributed by atoms with E-state index in [1.54, 1.807) is 12.1 Å². The van der Waals surface area contributed by atoms with E-state index in [1.807, 2.05) is 18.2 Å². The predicted molar refractivity (Wildman–Crippen MR) is 61.6 cm³/mol. The molecule has 1 aromatic heterocycles. The monoisotopic (exact) mass is 227 g/mol. The Labute approximate surface area is 97.3 Å². The first-order chi connectivity index (χ1) is 8.26. The molecular weight excluding hydrogens is 218 g/mol. The Morgan fingerprint density at radius 3 is 2.88 bits per heavy atom. The van der Waals surface area contributed by atoms with Crippen LogP contribution in [0.1, 0.15) is 5.56 Å². The Morgan fingerprint density at radius 2 is 2.18 bits per heavy atom. The highest BCUT2D eigenvalue weighted by Gasteiger charge is 2.11. The molecule has 0 unspecified atom stereocenters. The molecule has 5 heteroatoms. The Kier molecular flexibility index (Phi) is 2.88. The Balaban J connectivity index is 2.69. The van der Waals surface area contributed by atoms with Crippen LogP contribution in [0.5, 0.6) is 5.75 Å². The topological polar surface area (TPSA) is 78.8 Å². The molecular formula is C12H9N3O2. The summed E-state index contributed by atoms with van der Waals surface area (Å²) in [7, 11) is 1.54. The molecule has 0 bridgehead atoms. The first-order valence-electron chi connectivity index (χ1n) is 4.89. The van der Waals surface area contributed by atoms with Gasteiger partial charge in [0.2, 0.25) is 0 Å². The Hall–Kier alpha value is -2.61. The van der Waals surface area contributed by atoms with Crippen molar-refractivity contribution in [3.8, 4) is 23.1 Å². The summed E-state index contributed by atoms with van der Waals surface area (Å²) in [6.07, 6.45) is 0. The molecule has 0 aliphatic heterocycles. The summed E-state index contributed by atoms with van der Waals surface area (Å²) in [5.41, 5.74) is 0.894. The van der Waals surface area contributed by atoms with Gasteiger partial charge in [0.25, 0.3) is 5.56 Å². The minimum absolute atomic E-state index is 0.221. The van der Waals surface area contributed by atoms with Crippen molar-refractivity contribution in [3.63, 3.8) is 0 Å². The summed E-state index contributed by atoms with van der Waals surface area (Å²) in [5, 5.41) is 15.2. The predicted octanol–water partition coefficient (Wildman–Crippen LogP) is 1.32. The average molecular weight is 227 g/mol. The van der Waals surface area contributed by atoms with Gasteiger partial charge in [-0.25, -0.2) is 5.10 Å². The molecule has 0 saturated heterocycles.